The third kappa shape index (κ3) is 3.11. The fourth-order valence-electron chi connectivity index (χ4n) is 4.61. The number of aryl methyl sites for hydroxylation is 1. The van der Waals surface area contributed by atoms with Crippen LogP contribution in [0.15, 0.2) is 24.3 Å². The molecular weight excluding hydrogens is 342 g/mol. The minimum Gasteiger partial charge on any atom is -0.341 e. The van der Waals surface area contributed by atoms with Gasteiger partial charge in [-0.15, -0.1) is 0 Å². The van der Waals surface area contributed by atoms with E-state index < -0.39 is 11.6 Å². The van der Waals surface area contributed by atoms with Crippen molar-refractivity contribution in [3.05, 3.63) is 35.4 Å². The molecule has 6 nitrogen and oxygen atoms in total. The summed E-state index contributed by atoms with van der Waals surface area (Å²) in [4.78, 5) is 41.6. The normalized spacial score (nSPS) is 26.1. The topological polar surface area (TPSA) is 69.7 Å². The standard InChI is InChI=1S/C21H27N3O3/c1-15-9-12-23(13-10-15)18(25)14-24-19(26)21(22-20(24)27)11-5-4-7-16-6-2-3-8-17(16)21/h2-3,6,8,15H,4-5,7,9-14H2,1H3,(H,22,27)/t21-/m1/s1. The van der Waals surface area contributed by atoms with Gasteiger partial charge in [0, 0.05) is 13.1 Å². The molecule has 144 valence electrons. The van der Waals surface area contributed by atoms with Gasteiger partial charge in [-0.3, -0.25) is 14.5 Å². The Hall–Kier alpha value is -2.37. The zero-order chi connectivity index (χ0) is 19.0. The average molecular weight is 369 g/mol. The number of nitrogens with zero attached hydrogens (tertiary/aromatic N) is 2. The Morgan fingerprint density at radius 3 is 2.70 bits per heavy atom. The van der Waals surface area contributed by atoms with Crippen LogP contribution in [-0.2, 0) is 21.5 Å². The minimum absolute atomic E-state index is 0.135. The molecule has 2 heterocycles. The van der Waals surface area contributed by atoms with Crippen LogP contribution in [0.5, 0.6) is 0 Å². The number of likely N-dealkylation sites (tertiary alicyclic amines) is 1. The summed E-state index contributed by atoms with van der Waals surface area (Å²) in [5.74, 6) is 0.210. The van der Waals surface area contributed by atoms with Gasteiger partial charge in [-0.2, -0.15) is 0 Å². The van der Waals surface area contributed by atoms with Crippen molar-refractivity contribution in [2.24, 2.45) is 5.92 Å². The summed E-state index contributed by atoms with van der Waals surface area (Å²) < 4.78 is 0. The number of amides is 4. The van der Waals surface area contributed by atoms with Crippen LogP contribution in [0, 0.1) is 5.92 Å². The Morgan fingerprint density at radius 1 is 1.19 bits per heavy atom. The molecule has 1 atom stereocenters. The van der Waals surface area contributed by atoms with Gasteiger partial charge in [-0.1, -0.05) is 31.2 Å². The SMILES string of the molecule is CC1CCN(C(=O)CN2C(=O)N[C@@]3(CCCCc4ccccc43)C2=O)CC1. The number of rotatable bonds is 2. The second kappa shape index (κ2) is 6.98. The molecule has 27 heavy (non-hydrogen) atoms. The minimum atomic E-state index is -1.01. The third-order valence-corrected chi connectivity index (χ3v) is 6.33. The Labute approximate surface area is 159 Å². The molecule has 0 unspecified atom stereocenters. The first-order valence-corrected chi connectivity index (χ1v) is 10.0. The van der Waals surface area contributed by atoms with Crippen molar-refractivity contribution in [2.75, 3.05) is 19.6 Å². The Balaban J connectivity index is 1.56. The lowest BCUT2D eigenvalue weighted by Crippen LogP contribution is -2.47. The lowest BCUT2D eigenvalue weighted by Gasteiger charge is -2.31. The van der Waals surface area contributed by atoms with Gasteiger partial charge >= 0.3 is 6.03 Å². The number of nitrogens with one attached hydrogen (secondary N) is 1. The number of benzene rings is 1. The maximum Gasteiger partial charge on any atom is 0.325 e. The predicted octanol–water partition coefficient (Wildman–Crippen LogP) is 2.42. The summed E-state index contributed by atoms with van der Waals surface area (Å²) in [6.45, 7) is 3.44. The molecule has 0 radical (unpaired) electrons. The van der Waals surface area contributed by atoms with Gasteiger partial charge in [0.05, 0.1) is 0 Å². The van der Waals surface area contributed by atoms with E-state index in [9.17, 15) is 14.4 Å². The first-order chi connectivity index (χ1) is 13.0. The van der Waals surface area contributed by atoms with Crippen molar-refractivity contribution in [2.45, 2.75) is 51.0 Å². The summed E-state index contributed by atoms with van der Waals surface area (Å²) in [6.07, 6.45) is 5.30. The molecule has 4 amide bonds. The summed E-state index contributed by atoms with van der Waals surface area (Å²) in [5.41, 5.74) is 0.991. The second-order valence-corrected chi connectivity index (χ2v) is 8.15. The van der Waals surface area contributed by atoms with Crippen molar-refractivity contribution in [1.82, 2.24) is 15.1 Å². The highest BCUT2D eigenvalue weighted by molar-refractivity contribution is 6.09. The monoisotopic (exact) mass is 369 g/mol. The Morgan fingerprint density at radius 2 is 1.93 bits per heavy atom. The maximum atomic E-state index is 13.4. The zero-order valence-electron chi connectivity index (χ0n) is 15.9. The summed E-state index contributed by atoms with van der Waals surface area (Å²) in [6, 6.07) is 7.41. The molecule has 2 fully saturated rings. The molecule has 0 saturated carbocycles. The number of hydrogen-bond acceptors (Lipinski definition) is 3. The van der Waals surface area contributed by atoms with Gasteiger partial charge in [-0.05, 0) is 55.6 Å². The smallest absolute Gasteiger partial charge is 0.325 e. The molecule has 0 aromatic heterocycles. The van der Waals surface area contributed by atoms with Gasteiger partial charge in [0.25, 0.3) is 5.91 Å². The molecular formula is C21H27N3O3. The van der Waals surface area contributed by atoms with Gasteiger partial charge in [0.15, 0.2) is 0 Å². The predicted molar refractivity (Wildman–Crippen MR) is 101 cm³/mol. The molecule has 1 aromatic rings. The van der Waals surface area contributed by atoms with E-state index in [1.165, 1.54) is 0 Å². The van der Waals surface area contributed by atoms with Crippen LogP contribution in [0.25, 0.3) is 0 Å². The molecule has 0 bridgehead atoms. The molecule has 1 aliphatic carbocycles. The lowest BCUT2D eigenvalue weighted by molar-refractivity contribution is -0.140. The van der Waals surface area contributed by atoms with Crippen molar-refractivity contribution in [1.29, 1.82) is 0 Å². The van der Waals surface area contributed by atoms with E-state index in [1.54, 1.807) is 4.90 Å². The van der Waals surface area contributed by atoms with Crippen LogP contribution < -0.4 is 5.32 Å². The van der Waals surface area contributed by atoms with E-state index in [2.05, 4.69) is 12.2 Å². The fraction of sp³-hybridized carbons (Fsp3) is 0.571. The highest BCUT2D eigenvalue weighted by Crippen LogP contribution is 2.39. The quantitative estimate of drug-likeness (QED) is 0.814. The number of fused-ring (bicyclic) bond motifs is 2. The van der Waals surface area contributed by atoms with E-state index in [1.807, 2.05) is 24.3 Å². The maximum absolute atomic E-state index is 13.4. The van der Waals surface area contributed by atoms with Crippen LogP contribution in [0.3, 0.4) is 0 Å². The molecule has 1 N–H and O–H groups in total. The summed E-state index contributed by atoms with van der Waals surface area (Å²) in [5, 5.41) is 2.95. The molecule has 1 aromatic carbocycles. The molecule has 1 spiro atoms. The molecule has 3 aliphatic rings. The summed E-state index contributed by atoms with van der Waals surface area (Å²) in [7, 11) is 0. The number of urea groups is 1. The average Bonchev–Trinajstić information content (AvgIpc) is 2.82. The molecule has 4 rings (SSSR count). The number of carbonyl (C=O) groups is 3. The van der Waals surface area contributed by atoms with Gasteiger partial charge in [0.2, 0.25) is 5.91 Å². The van der Waals surface area contributed by atoms with Crippen LogP contribution in [0.4, 0.5) is 4.79 Å². The van der Waals surface area contributed by atoms with Crippen LogP contribution in [-0.4, -0.2) is 47.3 Å². The molecule has 2 aliphatic heterocycles. The van der Waals surface area contributed by atoms with Crippen molar-refractivity contribution in [3.63, 3.8) is 0 Å². The first kappa shape index (κ1) is 18.0. The van der Waals surface area contributed by atoms with E-state index in [-0.39, 0.29) is 18.4 Å². The largest absolute Gasteiger partial charge is 0.341 e. The Bertz CT molecular complexity index is 770. The van der Waals surface area contributed by atoms with E-state index in [4.69, 9.17) is 0 Å². The van der Waals surface area contributed by atoms with Gasteiger partial charge < -0.3 is 10.2 Å². The second-order valence-electron chi connectivity index (χ2n) is 8.15. The number of hydrogen-bond donors (Lipinski definition) is 1. The fourth-order valence-corrected chi connectivity index (χ4v) is 4.61. The van der Waals surface area contributed by atoms with Crippen molar-refractivity contribution >= 4 is 17.8 Å². The van der Waals surface area contributed by atoms with Crippen molar-refractivity contribution in [3.8, 4) is 0 Å². The lowest BCUT2D eigenvalue weighted by atomic mass is 9.84. The summed E-state index contributed by atoms with van der Waals surface area (Å²) >= 11 is 0. The number of piperidine rings is 1. The number of carbonyl (C=O) groups excluding carboxylic acids is 3. The first-order valence-electron chi connectivity index (χ1n) is 10.0. The van der Waals surface area contributed by atoms with Crippen molar-refractivity contribution < 1.29 is 14.4 Å². The van der Waals surface area contributed by atoms with E-state index in [0.717, 1.165) is 48.1 Å². The zero-order valence-corrected chi connectivity index (χ0v) is 15.9. The molecule has 2 saturated heterocycles. The van der Waals surface area contributed by atoms with E-state index >= 15 is 0 Å². The van der Waals surface area contributed by atoms with Gasteiger partial charge in [-0.25, -0.2) is 4.79 Å². The highest BCUT2D eigenvalue weighted by Gasteiger charge is 2.53. The Kier molecular flexibility index (Phi) is 4.66. The molecule has 6 heteroatoms. The third-order valence-electron chi connectivity index (χ3n) is 6.33. The number of imide groups is 1. The highest BCUT2D eigenvalue weighted by atomic mass is 16.2. The van der Waals surface area contributed by atoms with Gasteiger partial charge in [0.1, 0.15) is 12.1 Å². The van der Waals surface area contributed by atoms with Crippen LogP contribution in [0.1, 0.15) is 50.2 Å². The van der Waals surface area contributed by atoms with Crippen LogP contribution >= 0.6 is 0 Å². The van der Waals surface area contributed by atoms with Crippen LogP contribution in [0.2, 0.25) is 0 Å². The van der Waals surface area contributed by atoms with E-state index in [0.29, 0.717) is 25.4 Å².